The van der Waals surface area contributed by atoms with Crippen molar-refractivity contribution in [3.63, 3.8) is 0 Å². The minimum Gasteiger partial charge on any atom is -0.370 e. The van der Waals surface area contributed by atoms with Gasteiger partial charge >= 0.3 is 0 Å². The number of piperidine rings is 1. The summed E-state index contributed by atoms with van der Waals surface area (Å²) in [5.74, 6) is -3.19. The first kappa shape index (κ1) is 24.7. The van der Waals surface area contributed by atoms with Crippen molar-refractivity contribution < 1.29 is 22.0 Å². The van der Waals surface area contributed by atoms with Crippen LogP contribution in [0.2, 0.25) is 25.2 Å². The Kier molecular flexibility index (Phi) is 6.80. The number of carbonyl (C=O) groups is 1. The van der Waals surface area contributed by atoms with E-state index in [1.807, 2.05) is 0 Å². The molecule has 2 fully saturated rings. The van der Waals surface area contributed by atoms with Gasteiger partial charge in [0.15, 0.2) is 0 Å². The second-order valence-corrected chi connectivity index (χ2v) is 17.1. The van der Waals surface area contributed by atoms with Crippen LogP contribution in [0.15, 0.2) is 47.6 Å². The van der Waals surface area contributed by atoms with Gasteiger partial charge < -0.3 is 10.2 Å². The van der Waals surface area contributed by atoms with Crippen LogP contribution in [0.5, 0.6) is 0 Å². The second-order valence-electron chi connectivity index (χ2n) is 9.79. The molecule has 2 aliphatic heterocycles. The molecule has 0 aliphatic carbocycles. The minimum atomic E-state index is -3.94. The number of benzene rings is 1. The van der Waals surface area contributed by atoms with E-state index in [1.165, 1.54) is 18.2 Å². The van der Waals surface area contributed by atoms with Gasteiger partial charge in [-0.1, -0.05) is 19.2 Å². The Morgan fingerprint density at radius 2 is 1.76 bits per heavy atom. The molecule has 184 valence electrons. The number of carbonyl (C=O) groups excluding carboxylic acids is 1. The summed E-state index contributed by atoms with van der Waals surface area (Å²) in [5, 5.41) is 2.79. The van der Waals surface area contributed by atoms with Gasteiger partial charge in [-0.3, -0.25) is 9.78 Å². The van der Waals surface area contributed by atoms with E-state index >= 15 is 0 Å². The second kappa shape index (κ2) is 9.35. The van der Waals surface area contributed by atoms with Gasteiger partial charge in [-0.15, -0.1) is 0 Å². The molecule has 0 atom stereocenters. The third-order valence-corrected chi connectivity index (χ3v) is 11.7. The molecule has 1 N–H and O–H groups in total. The topological polar surface area (TPSA) is 82.6 Å². The van der Waals surface area contributed by atoms with Crippen molar-refractivity contribution in [1.82, 2.24) is 9.29 Å². The van der Waals surface area contributed by atoms with Crippen molar-refractivity contribution in [2.75, 3.05) is 36.4 Å². The van der Waals surface area contributed by atoms with Crippen LogP contribution in [-0.2, 0) is 10.0 Å². The van der Waals surface area contributed by atoms with E-state index in [0.717, 1.165) is 35.2 Å². The summed E-state index contributed by atoms with van der Waals surface area (Å²) in [7, 11) is -5.12. The lowest BCUT2D eigenvalue weighted by molar-refractivity contribution is -0.0412. The van der Waals surface area contributed by atoms with Crippen LogP contribution in [0.1, 0.15) is 23.2 Å². The summed E-state index contributed by atoms with van der Waals surface area (Å²) < 4.78 is 54.0. The number of hydrogen-bond acceptors (Lipinski definition) is 5. The fourth-order valence-corrected chi connectivity index (χ4v) is 7.81. The van der Waals surface area contributed by atoms with Gasteiger partial charge in [0.1, 0.15) is 0 Å². The SMILES string of the molecule is C[Si]1(C)CCN(c2cnccc2C(=O)Nc2cccc(S(=O)(=O)N3CCC(F)(F)CC3)c2)CC1. The van der Waals surface area contributed by atoms with E-state index in [-0.39, 0.29) is 23.9 Å². The maximum atomic E-state index is 13.5. The van der Waals surface area contributed by atoms with E-state index in [2.05, 4.69) is 28.3 Å². The average Bonchev–Trinajstić information content (AvgIpc) is 2.79. The van der Waals surface area contributed by atoms with Crippen molar-refractivity contribution in [2.45, 2.75) is 48.8 Å². The Morgan fingerprint density at radius 1 is 1.09 bits per heavy atom. The van der Waals surface area contributed by atoms with Crippen LogP contribution in [0, 0.1) is 0 Å². The maximum Gasteiger partial charge on any atom is 0.257 e. The van der Waals surface area contributed by atoms with Crippen molar-refractivity contribution in [3.8, 4) is 0 Å². The lowest BCUT2D eigenvalue weighted by Gasteiger charge is -2.37. The predicted molar refractivity (Wildman–Crippen MR) is 131 cm³/mol. The lowest BCUT2D eigenvalue weighted by Crippen LogP contribution is -2.43. The van der Waals surface area contributed by atoms with Crippen molar-refractivity contribution in [1.29, 1.82) is 0 Å². The van der Waals surface area contributed by atoms with Crippen molar-refractivity contribution >= 4 is 35.4 Å². The third-order valence-electron chi connectivity index (χ3n) is 6.69. The van der Waals surface area contributed by atoms with Crippen LogP contribution in [-0.4, -0.2) is 63.8 Å². The number of alkyl halides is 2. The highest BCUT2D eigenvalue weighted by atomic mass is 32.2. The van der Waals surface area contributed by atoms with Crippen molar-refractivity contribution in [3.05, 3.63) is 48.3 Å². The van der Waals surface area contributed by atoms with E-state index in [4.69, 9.17) is 0 Å². The Labute approximate surface area is 200 Å². The highest BCUT2D eigenvalue weighted by Gasteiger charge is 2.38. The molecule has 0 spiro atoms. The number of nitrogens with zero attached hydrogens (tertiary/aromatic N) is 3. The number of halogens is 2. The number of pyridine rings is 1. The summed E-state index contributed by atoms with van der Waals surface area (Å²) in [6.45, 7) is 6.04. The van der Waals surface area contributed by atoms with Gasteiger partial charge in [0.05, 0.1) is 30.4 Å². The summed E-state index contributed by atoms with van der Waals surface area (Å²) in [4.78, 5) is 19.5. The minimum absolute atomic E-state index is 0.0336. The summed E-state index contributed by atoms with van der Waals surface area (Å²) in [6, 6.07) is 9.88. The van der Waals surface area contributed by atoms with Gasteiger partial charge in [0.25, 0.3) is 11.8 Å². The van der Waals surface area contributed by atoms with E-state index in [1.54, 1.807) is 24.5 Å². The molecule has 0 unspecified atom stereocenters. The van der Waals surface area contributed by atoms with E-state index < -0.39 is 36.9 Å². The van der Waals surface area contributed by atoms with E-state index in [0.29, 0.717) is 11.3 Å². The summed E-state index contributed by atoms with van der Waals surface area (Å²) >= 11 is 0. The van der Waals surface area contributed by atoms with Gasteiger partial charge in [-0.25, -0.2) is 17.2 Å². The Balaban J connectivity index is 1.51. The first-order chi connectivity index (χ1) is 16.0. The highest BCUT2D eigenvalue weighted by molar-refractivity contribution is 7.89. The predicted octanol–water partition coefficient (Wildman–Crippen LogP) is 4.28. The summed E-state index contributed by atoms with van der Waals surface area (Å²) in [5.41, 5.74) is 1.56. The lowest BCUT2D eigenvalue weighted by atomic mass is 10.1. The van der Waals surface area contributed by atoms with Crippen molar-refractivity contribution in [2.24, 2.45) is 0 Å². The molecule has 34 heavy (non-hydrogen) atoms. The zero-order chi connectivity index (χ0) is 24.6. The quantitative estimate of drug-likeness (QED) is 0.610. The highest BCUT2D eigenvalue weighted by Crippen LogP contribution is 2.32. The first-order valence-electron chi connectivity index (χ1n) is 11.5. The number of nitrogens with one attached hydrogen (secondary N) is 1. The standard InChI is InChI=1S/C23H30F2N4O3SSi/c1-34(2)14-12-28(13-15-34)21-17-26-9-6-20(21)22(30)27-18-4-3-5-19(16-18)33(31,32)29-10-7-23(24,25)8-11-29/h3-6,9,16-17H,7-8,10-15H2,1-2H3,(H,27,30). The molecule has 2 saturated heterocycles. The molecule has 4 rings (SSSR count). The van der Waals surface area contributed by atoms with Gasteiger partial charge in [0.2, 0.25) is 10.0 Å². The van der Waals surface area contributed by atoms with E-state index in [9.17, 15) is 22.0 Å². The zero-order valence-corrected chi connectivity index (χ0v) is 21.2. The molecule has 7 nitrogen and oxygen atoms in total. The molecule has 1 aromatic carbocycles. The summed E-state index contributed by atoms with van der Waals surface area (Å²) in [6.07, 6.45) is 2.27. The third kappa shape index (κ3) is 5.47. The monoisotopic (exact) mass is 508 g/mol. The van der Waals surface area contributed by atoms with Crippen LogP contribution in [0.4, 0.5) is 20.2 Å². The normalized spacial score (nSPS) is 20.6. The number of sulfonamides is 1. The first-order valence-corrected chi connectivity index (χ1v) is 16.3. The number of amides is 1. The fourth-order valence-electron chi connectivity index (χ4n) is 4.32. The average molecular weight is 509 g/mol. The molecular weight excluding hydrogens is 478 g/mol. The molecule has 0 bridgehead atoms. The van der Waals surface area contributed by atoms with Crippen LogP contribution < -0.4 is 10.2 Å². The Hall–Kier alpha value is -2.37. The molecule has 3 heterocycles. The molecule has 2 aromatic rings. The van der Waals surface area contributed by atoms with Crippen LogP contribution in [0.3, 0.4) is 0 Å². The van der Waals surface area contributed by atoms with Crippen LogP contribution >= 0.6 is 0 Å². The Morgan fingerprint density at radius 3 is 2.44 bits per heavy atom. The molecule has 0 radical (unpaired) electrons. The number of hydrogen-bond donors (Lipinski definition) is 1. The molecular formula is C23H30F2N4O3SSi. The van der Waals surface area contributed by atoms with Gasteiger partial charge in [-0.2, -0.15) is 4.31 Å². The zero-order valence-electron chi connectivity index (χ0n) is 19.4. The van der Waals surface area contributed by atoms with Gasteiger partial charge in [-0.05, 0) is 36.4 Å². The molecule has 1 amide bonds. The number of anilines is 2. The molecule has 0 saturated carbocycles. The number of aromatic nitrogens is 1. The van der Waals surface area contributed by atoms with Crippen LogP contribution in [0.25, 0.3) is 0 Å². The Bertz CT molecular complexity index is 1160. The smallest absolute Gasteiger partial charge is 0.257 e. The maximum absolute atomic E-state index is 13.5. The number of rotatable bonds is 5. The fraction of sp³-hybridized carbons (Fsp3) is 0.478. The van der Waals surface area contributed by atoms with Gasteiger partial charge in [0, 0.05) is 50.9 Å². The largest absolute Gasteiger partial charge is 0.370 e. The molecule has 1 aromatic heterocycles. The molecule has 11 heteroatoms. The molecule has 2 aliphatic rings.